The summed E-state index contributed by atoms with van der Waals surface area (Å²) in [4.78, 5) is 0. The summed E-state index contributed by atoms with van der Waals surface area (Å²) in [6, 6.07) is 0. The molecule has 0 aromatic rings. The second-order valence-corrected chi connectivity index (χ2v) is 2.47. The van der Waals surface area contributed by atoms with Crippen molar-refractivity contribution in [1.29, 1.82) is 0 Å². The van der Waals surface area contributed by atoms with E-state index in [1.54, 1.807) is 0 Å². The van der Waals surface area contributed by atoms with E-state index in [9.17, 15) is 8.78 Å². The third-order valence-corrected chi connectivity index (χ3v) is 0.791. The van der Waals surface area contributed by atoms with Gasteiger partial charge in [0.1, 0.15) is 0 Å². The maximum atomic E-state index is 11.4. The van der Waals surface area contributed by atoms with Gasteiger partial charge >= 0.3 is 0 Å². The molecular formula is C6H12F2O2. The van der Waals surface area contributed by atoms with E-state index in [1.807, 2.05) is 0 Å². The molecule has 0 amide bonds. The van der Waals surface area contributed by atoms with Gasteiger partial charge in [0.25, 0.3) is 0 Å². The molecule has 0 aliphatic heterocycles. The van der Waals surface area contributed by atoms with Gasteiger partial charge in [-0.1, -0.05) is 0 Å². The average molecular weight is 154 g/mol. The van der Waals surface area contributed by atoms with Gasteiger partial charge in [-0.25, -0.2) is 8.78 Å². The standard InChI is InChI=1S/C6H12F2O2/c1-6(2,9)10-4-3-5(7)8/h5,9H,3-4H2,1-2H3. The summed E-state index contributed by atoms with van der Waals surface area (Å²) >= 11 is 0. The van der Waals surface area contributed by atoms with E-state index in [1.165, 1.54) is 13.8 Å². The first kappa shape index (κ1) is 9.78. The van der Waals surface area contributed by atoms with Gasteiger partial charge in [-0.05, 0) is 13.8 Å². The Kier molecular flexibility index (Phi) is 3.75. The molecule has 0 spiro atoms. The fraction of sp³-hybridized carbons (Fsp3) is 1.00. The number of rotatable bonds is 4. The van der Waals surface area contributed by atoms with Gasteiger partial charge in [0.15, 0.2) is 5.79 Å². The molecule has 0 aromatic carbocycles. The van der Waals surface area contributed by atoms with Crippen molar-refractivity contribution < 1.29 is 18.6 Å². The minimum absolute atomic E-state index is 0.110. The van der Waals surface area contributed by atoms with Gasteiger partial charge < -0.3 is 9.84 Å². The summed E-state index contributed by atoms with van der Waals surface area (Å²) in [6.45, 7) is 2.69. The van der Waals surface area contributed by atoms with Gasteiger partial charge in [0.05, 0.1) is 6.61 Å². The van der Waals surface area contributed by atoms with Gasteiger partial charge in [0, 0.05) is 6.42 Å². The topological polar surface area (TPSA) is 29.5 Å². The number of aliphatic hydroxyl groups is 1. The summed E-state index contributed by atoms with van der Waals surface area (Å²) in [5, 5.41) is 8.86. The summed E-state index contributed by atoms with van der Waals surface area (Å²) < 4.78 is 27.5. The number of hydrogen-bond acceptors (Lipinski definition) is 2. The van der Waals surface area contributed by atoms with Crippen molar-refractivity contribution in [1.82, 2.24) is 0 Å². The molecule has 0 heterocycles. The number of ether oxygens (including phenoxy) is 1. The maximum Gasteiger partial charge on any atom is 0.240 e. The quantitative estimate of drug-likeness (QED) is 0.620. The van der Waals surface area contributed by atoms with Crippen LogP contribution in [0, 0.1) is 0 Å². The highest BCUT2D eigenvalue weighted by Gasteiger charge is 2.13. The summed E-state index contributed by atoms with van der Waals surface area (Å²) in [7, 11) is 0. The lowest BCUT2D eigenvalue weighted by Crippen LogP contribution is -2.24. The zero-order valence-electron chi connectivity index (χ0n) is 6.10. The highest BCUT2D eigenvalue weighted by Crippen LogP contribution is 2.06. The lowest BCUT2D eigenvalue weighted by molar-refractivity contribution is -0.180. The highest BCUT2D eigenvalue weighted by atomic mass is 19.3. The van der Waals surface area contributed by atoms with E-state index in [2.05, 4.69) is 4.74 Å². The summed E-state index contributed by atoms with van der Waals surface area (Å²) in [5.74, 6) is -1.30. The molecule has 62 valence electrons. The molecule has 0 saturated carbocycles. The van der Waals surface area contributed by atoms with Gasteiger partial charge in [-0.3, -0.25) is 0 Å². The van der Waals surface area contributed by atoms with Crippen molar-refractivity contribution in [3.05, 3.63) is 0 Å². The zero-order valence-corrected chi connectivity index (χ0v) is 6.10. The van der Waals surface area contributed by atoms with E-state index in [4.69, 9.17) is 5.11 Å². The Morgan fingerprint density at radius 1 is 1.50 bits per heavy atom. The lowest BCUT2D eigenvalue weighted by atomic mass is 10.4. The average Bonchev–Trinajstić information content (AvgIpc) is 1.59. The molecular weight excluding hydrogens is 142 g/mol. The fourth-order valence-corrected chi connectivity index (χ4v) is 0.398. The monoisotopic (exact) mass is 154 g/mol. The zero-order chi connectivity index (χ0) is 8.20. The predicted octanol–water partition coefficient (Wildman–Crippen LogP) is 1.39. The molecule has 0 fully saturated rings. The smallest absolute Gasteiger partial charge is 0.240 e. The molecule has 0 atom stereocenters. The van der Waals surface area contributed by atoms with Crippen LogP contribution in [0.2, 0.25) is 0 Å². The van der Waals surface area contributed by atoms with Crippen LogP contribution in [0.1, 0.15) is 20.3 Å². The number of hydrogen-bond donors (Lipinski definition) is 1. The largest absolute Gasteiger partial charge is 0.366 e. The normalized spacial score (nSPS) is 12.6. The molecule has 0 aliphatic rings. The third-order valence-electron chi connectivity index (χ3n) is 0.791. The highest BCUT2D eigenvalue weighted by molar-refractivity contribution is 4.48. The van der Waals surface area contributed by atoms with Gasteiger partial charge in [-0.2, -0.15) is 0 Å². The Morgan fingerprint density at radius 3 is 2.30 bits per heavy atom. The SMILES string of the molecule is CC(C)(O)OCCC(F)F. The Hall–Kier alpha value is -0.220. The third kappa shape index (κ3) is 7.78. The van der Waals surface area contributed by atoms with Crippen LogP contribution < -0.4 is 0 Å². The van der Waals surface area contributed by atoms with Gasteiger partial charge in [-0.15, -0.1) is 0 Å². The van der Waals surface area contributed by atoms with E-state index in [0.717, 1.165) is 0 Å². The summed E-state index contributed by atoms with van der Waals surface area (Å²) in [5.41, 5.74) is 0. The Morgan fingerprint density at radius 2 is 2.00 bits per heavy atom. The molecule has 10 heavy (non-hydrogen) atoms. The molecule has 4 heteroatoms. The van der Waals surface area contributed by atoms with Crippen molar-refractivity contribution in [2.45, 2.75) is 32.5 Å². The van der Waals surface area contributed by atoms with Crippen LogP contribution in [0.3, 0.4) is 0 Å². The second kappa shape index (κ2) is 3.83. The van der Waals surface area contributed by atoms with E-state index < -0.39 is 12.2 Å². The van der Waals surface area contributed by atoms with Crippen LogP contribution in [0.5, 0.6) is 0 Å². The van der Waals surface area contributed by atoms with E-state index in [-0.39, 0.29) is 13.0 Å². The number of halogens is 2. The minimum Gasteiger partial charge on any atom is -0.366 e. The van der Waals surface area contributed by atoms with Crippen molar-refractivity contribution >= 4 is 0 Å². The minimum atomic E-state index is -2.36. The molecule has 0 rings (SSSR count). The first-order valence-electron chi connectivity index (χ1n) is 3.06. The first-order chi connectivity index (χ1) is 4.42. The van der Waals surface area contributed by atoms with Gasteiger partial charge in [0.2, 0.25) is 6.43 Å². The molecule has 0 radical (unpaired) electrons. The van der Waals surface area contributed by atoms with Crippen molar-refractivity contribution in [3.8, 4) is 0 Å². The molecule has 1 N–H and O–H groups in total. The molecule has 0 bridgehead atoms. The molecule has 0 aromatic heterocycles. The summed E-state index contributed by atoms with van der Waals surface area (Å²) in [6.07, 6.45) is -2.69. The molecule has 2 nitrogen and oxygen atoms in total. The van der Waals surface area contributed by atoms with Crippen LogP contribution >= 0.6 is 0 Å². The van der Waals surface area contributed by atoms with E-state index >= 15 is 0 Å². The predicted molar refractivity (Wildman–Crippen MR) is 32.9 cm³/mol. The van der Waals surface area contributed by atoms with Crippen LogP contribution in [0.15, 0.2) is 0 Å². The Labute approximate surface area is 58.8 Å². The Balaban J connectivity index is 3.21. The van der Waals surface area contributed by atoms with E-state index in [0.29, 0.717) is 0 Å². The number of alkyl halides is 2. The second-order valence-electron chi connectivity index (χ2n) is 2.47. The Bertz CT molecular complexity index is 88.2. The van der Waals surface area contributed by atoms with Crippen LogP contribution in [-0.4, -0.2) is 23.9 Å². The van der Waals surface area contributed by atoms with Crippen LogP contribution in [0.25, 0.3) is 0 Å². The maximum absolute atomic E-state index is 11.4. The van der Waals surface area contributed by atoms with Crippen molar-refractivity contribution in [3.63, 3.8) is 0 Å². The molecule has 0 saturated heterocycles. The molecule has 0 aliphatic carbocycles. The van der Waals surface area contributed by atoms with Crippen LogP contribution in [0.4, 0.5) is 8.78 Å². The lowest BCUT2D eigenvalue weighted by Gasteiger charge is -2.17. The first-order valence-corrected chi connectivity index (χ1v) is 3.06. The fourth-order valence-electron chi connectivity index (χ4n) is 0.398. The molecule has 0 unspecified atom stereocenters. The van der Waals surface area contributed by atoms with Crippen LogP contribution in [-0.2, 0) is 4.74 Å². The van der Waals surface area contributed by atoms with Crippen molar-refractivity contribution in [2.24, 2.45) is 0 Å². The van der Waals surface area contributed by atoms with Crippen molar-refractivity contribution in [2.75, 3.05) is 6.61 Å².